The fourth-order valence-corrected chi connectivity index (χ4v) is 4.73. The Bertz CT molecular complexity index is 810. The molecule has 3 heterocycles. The first-order valence-corrected chi connectivity index (χ1v) is 11.3. The molecule has 0 radical (unpaired) electrons. The topological polar surface area (TPSA) is 45.7 Å². The quantitative estimate of drug-likeness (QED) is 0.730. The van der Waals surface area contributed by atoms with Gasteiger partial charge in [-0.2, -0.15) is 0 Å². The molecule has 4 rings (SSSR count). The Balaban J connectivity index is 1.17. The van der Waals surface area contributed by atoms with Gasteiger partial charge in [0.05, 0.1) is 0 Å². The maximum atomic E-state index is 12.6. The van der Waals surface area contributed by atoms with Crippen molar-refractivity contribution in [3.8, 4) is 5.75 Å². The number of piperidine rings is 2. The molecule has 2 aromatic rings. The lowest BCUT2D eigenvalue weighted by atomic mass is 9.98. The molecule has 0 spiro atoms. The summed E-state index contributed by atoms with van der Waals surface area (Å²) in [5, 5.41) is 0. The number of hydrogen-bond acceptors (Lipinski definition) is 4. The van der Waals surface area contributed by atoms with Crippen LogP contribution in [0.3, 0.4) is 0 Å². The van der Waals surface area contributed by atoms with Gasteiger partial charge in [0.2, 0.25) is 5.91 Å². The maximum Gasteiger partial charge on any atom is 0.222 e. The number of aryl methyl sites for hydroxylation is 2. The van der Waals surface area contributed by atoms with E-state index in [1.165, 1.54) is 11.1 Å². The average Bonchev–Trinajstić information content (AvgIpc) is 2.79. The number of ether oxygens (including phenoxy) is 1. The second-order valence-corrected chi connectivity index (χ2v) is 8.64. The summed E-state index contributed by atoms with van der Waals surface area (Å²) in [6.45, 7) is 6.06. The molecule has 30 heavy (non-hydrogen) atoms. The molecule has 2 saturated heterocycles. The van der Waals surface area contributed by atoms with Crippen molar-refractivity contribution >= 4 is 5.91 Å². The van der Waals surface area contributed by atoms with Crippen molar-refractivity contribution in [1.82, 2.24) is 14.8 Å². The van der Waals surface area contributed by atoms with Gasteiger partial charge in [-0.3, -0.25) is 14.7 Å². The van der Waals surface area contributed by atoms with Crippen LogP contribution in [-0.2, 0) is 11.2 Å². The fourth-order valence-electron chi connectivity index (χ4n) is 4.73. The minimum atomic E-state index is 0.298. The highest BCUT2D eigenvalue weighted by atomic mass is 16.5. The minimum Gasteiger partial charge on any atom is -0.490 e. The van der Waals surface area contributed by atoms with Crippen LogP contribution in [0.1, 0.15) is 43.2 Å². The van der Waals surface area contributed by atoms with Crippen molar-refractivity contribution in [1.29, 1.82) is 0 Å². The Morgan fingerprint density at radius 3 is 2.47 bits per heavy atom. The summed E-state index contributed by atoms with van der Waals surface area (Å²) in [6, 6.07) is 12.9. The lowest BCUT2D eigenvalue weighted by Crippen LogP contribution is -2.50. The molecule has 0 saturated carbocycles. The normalized spacial score (nSPS) is 19.0. The van der Waals surface area contributed by atoms with Gasteiger partial charge in [0.25, 0.3) is 0 Å². The van der Waals surface area contributed by atoms with Crippen LogP contribution in [-0.4, -0.2) is 59.0 Å². The van der Waals surface area contributed by atoms with E-state index in [2.05, 4.69) is 46.0 Å². The van der Waals surface area contributed by atoms with E-state index in [0.29, 0.717) is 24.5 Å². The molecule has 2 aliphatic heterocycles. The molecule has 2 fully saturated rings. The Morgan fingerprint density at radius 2 is 1.77 bits per heavy atom. The molecule has 0 N–H and O–H groups in total. The van der Waals surface area contributed by atoms with Crippen molar-refractivity contribution in [2.45, 2.75) is 57.6 Å². The van der Waals surface area contributed by atoms with Crippen LogP contribution in [0.25, 0.3) is 0 Å². The van der Waals surface area contributed by atoms with Crippen LogP contribution in [0.5, 0.6) is 5.75 Å². The van der Waals surface area contributed by atoms with Crippen LogP contribution < -0.4 is 4.74 Å². The van der Waals surface area contributed by atoms with E-state index in [0.717, 1.165) is 64.0 Å². The largest absolute Gasteiger partial charge is 0.490 e. The Hall–Kier alpha value is -2.40. The molecule has 0 aliphatic carbocycles. The lowest BCUT2D eigenvalue weighted by molar-refractivity contribution is -0.132. The molecule has 0 unspecified atom stereocenters. The van der Waals surface area contributed by atoms with E-state index in [-0.39, 0.29) is 0 Å². The molecule has 1 aromatic heterocycles. The van der Waals surface area contributed by atoms with Crippen molar-refractivity contribution < 1.29 is 9.53 Å². The van der Waals surface area contributed by atoms with E-state index in [4.69, 9.17) is 4.74 Å². The van der Waals surface area contributed by atoms with Crippen LogP contribution in [0, 0.1) is 6.92 Å². The van der Waals surface area contributed by atoms with Gasteiger partial charge in [-0.1, -0.05) is 29.8 Å². The lowest BCUT2D eigenvalue weighted by Gasteiger charge is -2.41. The third-order valence-corrected chi connectivity index (χ3v) is 6.47. The van der Waals surface area contributed by atoms with Gasteiger partial charge in [-0.25, -0.2) is 0 Å². The highest BCUT2D eigenvalue weighted by molar-refractivity contribution is 5.76. The number of benzene rings is 1. The summed E-state index contributed by atoms with van der Waals surface area (Å²) in [4.78, 5) is 21.4. The third kappa shape index (κ3) is 5.60. The molecule has 5 heteroatoms. The van der Waals surface area contributed by atoms with E-state index >= 15 is 0 Å². The molecule has 2 aliphatic rings. The third-order valence-electron chi connectivity index (χ3n) is 6.47. The van der Waals surface area contributed by atoms with Crippen LogP contribution in [0.15, 0.2) is 48.8 Å². The first-order valence-electron chi connectivity index (χ1n) is 11.3. The van der Waals surface area contributed by atoms with Gasteiger partial charge in [0.1, 0.15) is 11.9 Å². The molecule has 1 aromatic carbocycles. The number of carbonyl (C=O) groups excluding carboxylic acids is 1. The number of hydrogen-bond donors (Lipinski definition) is 0. The molecule has 160 valence electrons. The Kier molecular flexibility index (Phi) is 7.00. The number of aromatic nitrogens is 1. The summed E-state index contributed by atoms with van der Waals surface area (Å²) < 4.78 is 6.09. The monoisotopic (exact) mass is 407 g/mol. The van der Waals surface area contributed by atoms with Gasteiger partial charge in [0.15, 0.2) is 0 Å². The Morgan fingerprint density at radius 1 is 1.03 bits per heavy atom. The van der Waals surface area contributed by atoms with Crippen LogP contribution in [0.4, 0.5) is 0 Å². The minimum absolute atomic E-state index is 0.298. The predicted molar refractivity (Wildman–Crippen MR) is 119 cm³/mol. The number of amides is 1. The Labute approximate surface area is 180 Å². The first kappa shape index (κ1) is 20.9. The van der Waals surface area contributed by atoms with E-state index in [1.54, 1.807) is 12.4 Å². The van der Waals surface area contributed by atoms with Crippen LogP contribution >= 0.6 is 0 Å². The summed E-state index contributed by atoms with van der Waals surface area (Å²) >= 11 is 0. The standard InChI is InChI=1S/C25H33N3O2/c1-20-3-2-4-21(19-20)5-6-25(29)28-15-9-22(10-16-28)27-17-11-24(12-18-27)30-23-7-13-26-14-8-23/h2-4,7-8,13-14,19,22,24H,5-6,9-12,15-18H2,1H3. The van der Waals surface area contributed by atoms with E-state index in [1.807, 2.05) is 12.1 Å². The van der Waals surface area contributed by atoms with E-state index in [9.17, 15) is 4.79 Å². The SMILES string of the molecule is Cc1cccc(CCC(=O)N2CCC(N3CCC(Oc4ccncc4)CC3)CC2)c1. The smallest absolute Gasteiger partial charge is 0.222 e. The van der Waals surface area contributed by atoms with Crippen molar-refractivity contribution in [3.63, 3.8) is 0 Å². The molecular weight excluding hydrogens is 374 g/mol. The number of pyridine rings is 1. The molecule has 0 atom stereocenters. The summed E-state index contributed by atoms with van der Waals surface area (Å²) in [7, 11) is 0. The van der Waals surface area contributed by atoms with Gasteiger partial charge in [0, 0.05) is 51.0 Å². The van der Waals surface area contributed by atoms with E-state index < -0.39 is 0 Å². The van der Waals surface area contributed by atoms with Gasteiger partial charge in [-0.05, 0) is 56.7 Å². The highest BCUT2D eigenvalue weighted by Gasteiger charge is 2.30. The number of carbonyl (C=O) groups is 1. The summed E-state index contributed by atoms with van der Waals surface area (Å²) in [5.41, 5.74) is 2.52. The second-order valence-electron chi connectivity index (χ2n) is 8.64. The fraction of sp³-hybridized carbons (Fsp3) is 0.520. The molecule has 5 nitrogen and oxygen atoms in total. The van der Waals surface area contributed by atoms with Crippen molar-refractivity contribution in [3.05, 3.63) is 59.9 Å². The van der Waals surface area contributed by atoms with Crippen LogP contribution in [0.2, 0.25) is 0 Å². The zero-order valence-electron chi connectivity index (χ0n) is 18.0. The maximum absolute atomic E-state index is 12.6. The van der Waals surface area contributed by atoms with Gasteiger partial charge >= 0.3 is 0 Å². The summed E-state index contributed by atoms with van der Waals surface area (Å²) in [6.07, 6.45) is 9.62. The highest BCUT2D eigenvalue weighted by Crippen LogP contribution is 2.24. The molecular formula is C25H33N3O2. The number of likely N-dealkylation sites (tertiary alicyclic amines) is 2. The van der Waals surface area contributed by atoms with Gasteiger partial charge < -0.3 is 9.64 Å². The number of rotatable bonds is 6. The number of nitrogens with zero attached hydrogens (tertiary/aromatic N) is 3. The first-order chi connectivity index (χ1) is 14.7. The van der Waals surface area contributed by atoms with Crippen molar-refractivity contribution in [2.24, 2.45) is 0 Å². The zero-order valence-corrected chi connectivity index (χ0v) is 18.0. The second kappa shape index (κ2) is 10.1. The van der Waals surface area contributed by atoms with Gasteiger partial charge in [-0.15, -0.1) is 0 Å². The molecule has 1 amide bonds. The average molecular weight is 408 g/mol. The van der Waals surface area contributed by atoms with Crippen molar-refractivity contribution in [2.75, 3.05) is 26.2 Å². The summed E-state index contributed by atoms with van der Waals surface area (Å²) in [5.74, 6) is 1.22. The predicted octanol–water partition coefficient (Wildman–Crippen LogP) is 3.86. The molecule has 0 bridgehead atoms. The zero-order chi connectivity index (χ0) is 20.8.